The van der Waals surface area contributed by atoms with Gasteiger partial charge in [0.2, 0.25) is 5.91 Å². The van der Waals surface area contributed by atoms with E-state index in [0.29, 0.717) is 13.0 Å². The molecule has 106 valence electrons. The number of hydrogen-bond donors (Lipinski definition) is 3. The number of hydrazine groups is 1. The maximum absolute atomic E-state index is 10.9. The summed E-state index contributed by atoms with van der Waals surface area (Å²) < 4.78 is 0. The number of amides is 1. The Balaban J connectivity index is 2.38. The third-order valence-corrected chi connectivity index (χ3v) is 3.08. The summed E-state index contributed by atoms with van der Waals surface area (Å²) >= 11 is 0. The summed E-state index contributed by atoms with van der Waals surface area (Å²) in [5, 5.41) is 3.21. The zero-order valence-corrected chi connectivity index (χ0v) is 11.8. The van der Waals surface area contributed by atoms with E-state index in [9.17, 15) is 4.79 Å². The van der Waals surface area contributed by atoms with Crippen LogP contribution in [0.3, 0.4) is 0 Å². The normalized spacial score (nSPS) is 10.3. The van der Waals surface area contributed by atoms with E-state index in [0.717, 1.165) is 19.6 Å². The van der Waals surface area contributed by atoms with Crippen LogP contribution in [0.25, 0.3) is 0 Å². The first kappa shape index (κ1) is 15.5. The summed E-state index contributed by atoms with van der Waals surface area (Å²) in [5.74, 6) is 4.86. The second-order valence-electron chi connectivity index (χ2n) is 4.33. The second kappa shape index (κ2) is 8.50. The van der Waals surface area contributed by atoms with Gasteiger partial charge in [0.05, 0.1) is 0 Å². The average molecular weight is 264 g/mol. The van der Waals surface area contributed by atoms with Gasteiger partial charge in [0.15, 0.2) is 0 Å². The maximum Gasteiger partial charge on any atom is 0.235 e. The van der Waals surface area contributed by atoms with E-state index < -0.39 is 0 Å². The molecule has 0 aliphatic carbocycles. The SMILES string of the molecule is CCN(CC)c1ccc(CNCCC(=O)NN)cc1. The number of rotatable bonds is 8. The molecule has 0 aromatic heterocycles. The standard InChI is InChI=1S/C14H24N4O/c1-3-18(4-2)13-7-5-12(6-8-13)11-16-10-9-14(19)17-15/h5-8,16H,3-4,9-11,15H2,1-2H3,(H,17,19). The molecule has 19 heavy (non-hydrogen) atoms. The van der Waals surface area contributed by atoms with Gasteiger partial charge in [-0.15, -0.1) is 0 Å². The summed E-state index contributed by atoms with van der Waals surface area (Å²) in [6.07, 6.45) is 0.397. The molecule has 1 aromatic carbocycles. The molecule has 0 aliphatic rings. The van der Waals surface area contributed by atoms with Crippen molar-refractivity contribution < 1.29 is 4.79 Å². The van der Waals surface area contributed by atoms with Gasteiger partial charge in [-0.05, 0) is 31.5 Å². The first-order valence-electron chi connectivity index (χ1n) is 6.75. The molecule has 1 rings (SSSR count). The van der Waals surface area contributed by atoms with E-state index in [1.165, 1.54) is 11.3 Å². The minimum atomic E-state index is -0.149. The summed E-state index contributed by atoms with van der Waals surface area (Å²) in [5.41, 5.74) is 4.57. The van der Waals surface area contributed by atoms with Crippen molar-refractivity contribution >= 4 is 11.6 Å². The van der Waals surface area contributed by atoms with Gasteiger partial charge < -0.3 is 10.2 Å². The Morgan fingerprint density at radius 2 is 1.84 bits per heavy atom. The molecule has 0 radical (unpaired) electrons. The highest BCUT2D eigenvalue weighted by Crippen LogP contribution is 2.14. The summed E-state index contributed by atoms with van der Waals surface area (Å²) in [7, 11) is 0. The summed E-state index contributed by atoms with van der Waals surface area (Å²) in [6.45, 7) is 7.73. The highest BCUT2D eigenvalue weighted by Gasteiger charge is 2.01. The summed E-state index contributed by atoms with van der Waals surface area (Å²) in [4.78, 5) is 13.2. The Hall–Kier alpha value is -1.59. The van der Waals surface area contributed by atoms with Crippen LogP contribution < -0.4 is 21.5 Å². The van der Waals surface area contributed by atoms with Gasteiger partial charge in [-0.1, -0.05) is 12.1 Å². The zero-order chi connectivity index (χ0) is 14.1. The van der Waals surface area contributed by atoms with E-state index in [1.807, 2.05) is 0 Å². The molecule has 0 heterocycles. The first-order chi connectivity index (χ1) is 9.21. The van der Waals surface area contributed by atoms with Crippen molar-refractivity contribution in [1.29, 1.82) is 0 Å². The lowest BCUT2D eigenvalue weighted by molar-refractivity contribution is -0.121. The predicted octanol–water partition coefficient (Wildman–Crippen LogP) is 1.00. The third kappa shape index (κ3) is 5.28. The van der Waals surface area contributed by atoms with E-state index >= 15 is 0 Å². The Labute approximate surface area is 115 Å². The maximum atomic E-state index is 10.9. The van der Waals surface area contributed by atoms with Crippen molar-refractivity contribution in [1.82, 2.24) is 10.7 Å². The molecular formula is C14H24N4O. The van der Waals surface area contributed by atoms with Crippen LogP contribution in [0.2, 0.25) is 0 Å². The van der Waals surface area contributed by atoms with Gasteiger partial charge in [0, 0.05) is 38.3 Å². The van der Waals surface area contributed by atoms with Crippen molar-refractivity contribution in [3.05, 3.63) is 29.8 Å². The van der Waals surface area contributed by atoms with Crippen molar-refractivity contribution in [2.75, 3.05) is 24.5 Å². The fourth-order valence-electron chi connectivity index (χ4n) is 1.92. The Kier molecular flexibility index (Phi) is 6.92. The van der Waals surface area contributed by atoms with Gasteiger partial charge in [0.1, 0.15) is 0 Å². The molecule has 5 nitrogen and oxygen atoms in total. The lowest BCUT2D eigenvalue weighted by Crippen LogP contribution is -2.32. The van der Waals surface area contributed by atoms with Crippen molar-refractivity contribution in [2.45, 2.75) is 26.8 Å². The molecule has 1 amide bonds. The topological polar surface area (TPSA) is 70.4 Å². The fraction of sp³-hybridized carbons (Fsp3) is 0.500. The van der Waals surface area contributed by atoms with Crippen LogP contribution >= 0.6 is 0 Å². The van der Waals surface area contributed by atoms with Crippen LogP contribution in [-0.4, -0.2) is 25.5 Å². The second-order valence-corrected chi connectivity index (χ2v) is 4.33. The summed E-state index contributed by atoms with van der Waals surface area (Å²) in [6, 6.07) is 8.50. The highest BCUT2D eigenvalue weighted by atomic mass is 16.2. The molecule has 0 aliphatic heterocycles. The lowest BCUT2D eigenvalue weighted by atomic mass is 10.2. The van der Waals surface area contributed by atoms with Gasteiger partial charge in [-0.25, -0.2) is 5.84 Å². The van der Waals surface area contributed by atoms with Crippen molar-refractivity contribution in [3.63, 3.8) is 0 Å². The number of anilines is 1. The zero-order valence-electron chi connectivity index (χ0n) is 11.8. The quantitative estimate of drug-likeness (QED) is 0.283. The van der Waals surface area contributed by atoms with Crippen molar-refractivity contribution in [2.24, 2.45) is 5.84 Å². The largest absolute Gasteiger partial charge is 0.372 e. The number of nitrogens with two attached hydrogens (primary N) is 1. The number of nitrogens with zero attached hydrogens (tertiary/aromatic N) is 1. The molecule has 0 bridgehead atoms. The number of hydrogen-bond acceptors (Lipinski definition) is 4. The van der Waals surface area contributed by atoms with Crippen molar-refractivity contribution in [3.8, 4) is 0 Å². The number of benzene rings is 1. The van der Waals surface area contributed by atoms with E-state index in [2.05, 4.69) is 53.8 Å². The molecule has 1 aromatic rings. The monoisotopic (exact) mass is 264 g/mol. The fourth-order valence-corrected chi connectivity index (χ4v) is 1.92. The lowest BCUT2D eigenvalue weighted by Gasteiger charge is -2.21. The molecule has 5 heteroatoms. The number of carbonyl (C=O) groups is 1. The Bertz CT molecular complexity index is 374. The van der Waals surface area contributed by atoms with E-state index in [4.69, 9.17) is 5.84 Å². The minimum absolute atomic E-state index is 0.149. The molecule has 0 saturated carbocycles. The third-order valence-electron chi connectivity index (χ3n) is 3.08. The Morgan fingerprint density at radius 1 is 1.21 bits per heavy atom. The molecule has 4 N–H and O–H groups in total. The van der Waals surface area contributed by atoms with Gasteiger partial charge in [-0.2, -0.15) is 0 Å². The van der Waals surface area contributed by atoms with Gasteiger partial charge >= 0.3 is 0 Å². The number of carbonyl (C=O) groups excluding carboxylic acids is 1. The van der Waals surface area contributed by atoms with Gasteiger partial charge in [0.25, 0.3) is 0 Å². The van der Waals surface area contributed by atoms with Gasteiger partial charge in [-0.3, -0.25) is 10.2 Å². The number of nitrogens with one attached hydrogen (secondary N) is 2. The molecule has 0 unspecified atom stereocenters. The molecule has 0 fully saturated rings. The van der Waals surface area contributed by atoms with E-state index in [1.54, 1.807) is 0 Å². The van der Waals surface area contributed by atoms with Crippen LogP contribution in [0.4, 0.5) is 5.69 Å². The molecule has 0 atom stereocenters. The minimum Gasteiger partial charge on any atom is -0.372 e. The predicted molar refractivity (Wildman–Crippen MR) is 78.7 cm³/mol. The Morgan fingerprint density at radius 3 is 2.37 bits per heavy atom. The smallest absolute Gasteiger partial charge is 0.235 e. The average Bonchev–Trinajstić information content (AvgIpc) is 2.46. The molecule has 0 saturated heterocycles. The van der Waals surface area contributed by atoms with Crippen LogP contribution in [0.15, 0.2) is 24.3 Å². The first-order valence-corrected chi connectivity index (χ1v) is 6.75. The molecular weight excluding hydrogens is 240 g/mol. The van der Waals surface area contributed by atoms with Crippen LogP contribution in [0, 0.1) is 0 Å². The van der Waals surface area contributed by atoms with Crippen LogP contribution in [-0.2, 0) is 11.3 Å². The molecule has 0 spiro atoms. The highest BCUT2D eigenvalue weighted by molar-refractivity contribution is 5.75. The van der Waals surface area contributed by atoms with Crippen LogP contribution in [0.1, 0.15) is 25.8 Å². The van der Waals surface area contributed by atoms with E-state index in [-0.39, 0.29) is 5.91 Å². The van der Waals surface area contributed by atoms with Crippen LogP contribution in [0.5, 0.6) is 0 Å².